The molecule has 0 saturated heterocycles. The van der Waals surface area contributed by atoms with Gasteiger partial charge in [0.2, 0.25) is 0 Å². The van der Waals surface area contributed by atoms with E-state index in [0.29, 0.717) is 23.8 Å². The number of aromatic nitrogens is 8. The summed E-state index contributed by atoms with van der Waals surface area (Å²) in [6.45, 7) is 4.16. The van der Waals surface area contributed by atoms with Crippen LogP contribution in [0.4, 0.5) is 0 Å². The molecule has 154 valence electrons. The topological polar surface area (TPSA) is 123 Å². The highest BCUT2D eigenvalue weighted by Gasteiger charge is 2.51. The Kier molecular flexibility index (Phi) is 3.87. The lowest BCUT2D eigenvalue weighted by Gasteiger charge is -2.46. The van der Waals surface area contributed by atoms with Gasteiger partial charge in [-0.1, -0.05) is 18.9 Å². The first-order valence-corrected chi connectivity index (χ1v) is 10.0. The van der Waals surface area contributed by atoms with Crippen molar-refractivity contribution < 1.29 is 5.11 Å². The van der Waals surface area contributed by atoms with Crippen LogP contribution in [0.2, 0.25) is 0 Å². The Morgan fingerprint density at radius 1 is 1.33 bits per heavy atom. The van der Waals surface area contributed by atoms with Gasteiger partial charge in [0.15, 0.2) is 5.82 Å². The summed E-state index contributed by atoms with van der Waals surface area (Å²) in [4.78, 5) is 6.51. The third-order valence-electron chi connectivity index (χ3n) is 6.71. The number of nitriles is 1. The van der Waals surface area contributed by atoms with Crippen molar-refractivity contribution in [1.29, 1.82) is 5.26 Å². The van der Waals surface area contributed by atoms with Crippen LogP contribution in [0.1, 0.15) is 38.1 Å². The third kappa shape index (κ3) is 2.44. The Hall–Kier alpha value is -3.48. The fourth-order valence-corrected chi connectivity index (χ4v) is 5.27. The lowest BCUT2D eigenvalue weighted by molar-refractivity contribution is 0.135. The molecule has 10 nitrogen and oxygen atoms in total. The second-order valence-corrected chi connectivity index (χ2v) is 8.55. The molecule has 0 spiro atoms. The van der Waals surface area contributed by atoms with Crippen molar-refractivity contribution in [1.82, 2.24) is 39.5 Å². The monoisotopic (exact) mass is 405 g/mol. The van der Waals surface area contributed by atoms with E-state index in [2.05, 4.69) is 33.5 Å². The van der Waals surface area contributed by atoms with E-state index >= 15 is 0 Å². The SMILES string of the molecule is C[C@@H]1C(O)=C(C#N)C[C@]2(C)c3nc(-c4cnn(C)c4)n(-c4nnn(C)n4)c3CC[C@@H]12. The molecule has 2 aliphatic rings. The Morgan fingerprint density at radius 3 is 2.77 bits per heavy atom. The molecule has 5 rings (SSSR count). The van der Waals surface area contributed by atoms with Crippen molar-refractivity contribution in [2.24, 2.45) is 25.9 Å². The summed E-state index contributed by atoms with van der Waals surface area (Å²) < 4.78 is 3.70. The second kappa shape index (κ2) is 6.26. The van der Waals surface area contributed by atoms with E-state index in [1.165, 1.54) is 4.80 Å². The molecule has 0 unspecified atom stereocenters. The van der Waals surface area contributed by atoms with Crippen LogP contribution in [0.5, 0.6) is 0 Å². The lowest BCUT2D eigenvalue weighted by Crippen LogP contribution is -2.44. The van der Waals surface area contributed by atoms with Gasteiger partial charge in [-0.25, -0.2) is 4.98 Å². The van der Waals surface area contributed by atoms with Crippen molar-refractivity contribution in [3.8, 4) is 23.4 Å². The molecule has 0 aromatic carbocycles. The van der Waals surface area contributed by atoms with Gasteiger partial charge in [0.25, 0.3) is 5.95 Å². The largest absolute Gasteiger partial charge is 0.511 e. The maximum Gasteiger partial charge on any atom is 0.276 e. The number of aryl methyl sites for hydroxylation is 2. The van der Waals surface area contributed by atoms with E-state index in [1.54, 1.807) is 17.9 Å². The smallest absolute Gasteiger partial charge is 0.276 e. The number of allylic oxidation sites excluding steroid dienone is 2. The minimum absolute atomic E-state index is 0.0896. The molecular weight excluding hydrogens is 382 g/mol. The maximum absolute atomic E-state index is 10.5. The van der Waals surface area contributed by atoms with Gasteiger partial charge in [-0.3, -0.25) is 9.25 Å². The molecule has 3 aromatic heterocycles. The van der Waals surface area contributed by atoms with Crippen LogP contribution >= 0.6 is 0 Å². The number of fused-ring (bicyclic) bond motifs is 3. The normalized spacial score (nSPS) is 25.7. The zero-order valence-corrected chi connectivity index (χ0v) is 17.4. The maximum atomic E-state index is 10.5. The molecule has 0 radical (unpaired) electrons. The molecule has 0 amide bonds. The quantitative estimate of drug-likeness (QED) is 0.691. The minimum atomic E-state index is -0.366. The molecule has 3 atom stereocenters. The van der Waals surface area contributed by atoms with Crippen molar-refractivity contribution >= 4 is 0 Å². The van der Waals surface area contributed by atoms with Gasteiger partial charge in [-0.05, 0) is 30.4 Å². The van der Waals surface area contributed by atoms with Gasteiger partial charge in [0, 0.05) is 24.6 Å². The Balaban J connectivity index is 1.76. The molecule has 10 heteroatoms. The predicted molar refractivity (Wildman–Crippen MR) is 106 cm³/mol. The van der Waals surface area contributed by atoms with E-state index in [0.717, 1.165) is 29.8 Å². The van der Waals surface area contributed by atoms with Gasteiger partial charge in [-0.2, -0.15) is 15.2 Å². The summed E-state index contributed by atoms with van der Waals surface area (Å²) in [5, 5.41) is 37.1. The summed E-state index contributed by atoms with van der Waals surface area (Å²) >= 11 is 0. The average molecular weight is 405 g/mol. The fraction of sp³-hybridized carbons (Fsp3) is 0.500. The molecular formula is C20H23N9O. The summed E-state index contributed by atoms with van der Waals surface area (Å²) in [5.74, 6) is 1.52. The highest BCUT2D eigenvalue weighted by Crippen LogP contribution is 2.53. The Morgan fingerprint density at radius 2 is 2.13 bits per heavy atom. The molecule has 0 saturated carbocycles. The van der Waals surface area contributed by atoms with Gasteiger partial charge >= 0.3 is 0 Å². The van der Waals surface area contributed by atoms with Crippen LogP contribution < -0.4 is 0 Å². The molecule has 2 aliphatic carbocycles. The van der Waals surface area contributed by atoms with Crippen molar-refractivity contribution in [2.45, 2.75) is 38.5 Å². The third-order valence-corrected chi connectivity index (χ3v) is 6.71. The summed E-state index contributed by atoms with van der Waals surface area (Å²) in [6, 6.07) is 2.21. The van der Waals surface area contributed by atoms with E-state index in [-0.39, 0.29) is 23.0 Å². The van der Waals surface area contributed by atoms with Crippen molar-refractivity contribution in [3.05, 3.63) is 35.1 Å². The number of hydrogen-bond donors (Lipinski definition) is 1. The predicted octanol–water partition coefficient (Wildman–Crippen LogP) is 1.99. The van der Waals surface area contributed by atoms with Gasteiger partial charge in [0.1, 0.15) is 5.76 Å². The number of nitrogens with zero attached hydrogens (tertiary/aromatic N) is 9. The van der Waals surface area contributed by atoms with E-state index in [4.69, 9.17) is 4.98 Å². The van der Waals surface area contributed by atoms with Crippen LogP contribution in [-0.2, 0) is 25.9 Å². The fourth-order valence-electron chi connectivity index (χ4n) is 5.27. The highest BCUT2D eigenvalue weighted by atomic mass is 16.3. The second-order valence-electron chi connectivity index (χ2n) is 8.55. The average Bonchev–Trinajstić information content (AvgIpc) is 3.42. The molecule has 3 aromatic rings. The zero-order chi connectivity index (χ0) is 21.2. The number of imidazole rings is 1. The molecule has 0 bridgehead atoms. The number of hydrogen-bond acceptors (Lipinski definition) is 7. The van der Waals surface area contributed by atoms with E-state index in [1.807, 2.05) is 24.7 Å². The van der Waals surface area contributed by atoms with Crippen LogP contribution in [0, 0.1) is 23.2 Å². The number of rotatable bonds is 2. The van der Waals surface area contributed by atoms with Gasteiger partial charge in [-0.15, -0.1) is 5.10 Å². The van der Waals surface area contributed by atoms with Gasteiger partial charge < -0.3 is 5.11 Å². The molecule has 3 heterocycles. The number of tetrazole rings is 1. The zero-order valence-electron chi connectivity index (χ0n) is 17.4. The molecule has 0 aliphatic heterocycles. The van der Waals surface area contributed by atoms with Crippen LogP contribution in [0.25, 0.3) is 17.3 Å². The van der Waals surface area contributed by atoms with Gasteiger partial charge in [0.05, 0.1) is 41.8 Å². The summed E-state index contributed by atoms with van der Waals surface area (Å²) in [7, 11) is 3.60. The number of aliphatic hydroxyl groups is 1. The Labute approximate surface area is 173 Å². The number of aliphatic hydroxyl groups excluding tert-OH is 1. The molecule has 1 N–H and O–H groups in total. The van der Waals surface area contributed by atoms with Crippen molar-refractivity contribution in [2.75, 3.05) is 0 Å². The van der Waals surface area contributed by atoms with Crippen LogP contribution in [-0.4, -0.2) is 44.6 Å². The standard InChI is InChI=1S/C20H23N9O/c1-11-14-5-6-15-17(20(14,2)7-12(8-21)16(11)30)23-18(13-9-22-27(3)10-13)29(15)19-24-26-28(4)25-19/h9-11,14,30H,5-7H2,1-4H3/t11-,14-,20-/m0/s1. The first-order chi connectivity index (χ1) is 14.3. The van der Waals surface area contributed by atoms with Crippen LogP contribution in [0.15, 0.2) is 23.7 Å². The summed E-state index contributed by atoms with van der Waals surface area (Å²) in [5.41, 5.74) is 2.92. The first-order valence-electron chi connectivity index (χ1n) is 10.0. The molecule has 30 heavy (non-hydrogen) atoms. The van der Waals surface area contributed by atoms with E-state index in [9.17, 15) is 10.4 Å². The summed E-state index contributed by atoms with van der Waals surface area (Å²) in [6.07, 6.45) is 5.81. The van der Waals surface area contributed by atoms with E-state index < -0.39 is 0 Å². The van der Waals surface area contributed by atoms with Crippen molar-refractivity contribution in [3.63, 3.8) is 0 Å². The first kappa shape index (κ1) is 18.5. The van der Waals surface area contributed by atoms with Crippen LogP contribution in [0.3, 0.4) is 0 Å². The minimum Gasteiger partial charge on any atom is -0.511 e. The Bertz CT molecular complexity index is 1220. The highest BCUT2D eigenvalue weighted by molar-refractivity contribution is 5.59. The molecule has 0 fully saturated rings. The lowest BCUT2D eigenvalue weighted by atomic mass is 9.57.